The number of para-hydroxylation sites is 2. The average Bonchev–Trinajstić information content (AvgIpc) is 2.48. The van der Waals surface area contributed by atoms with Crippen LogP contribution in [0, 0.1) is 0 Å². The van der Waals surface area contributed by atoms with Crippen LogP contribution in [0.5, 0.6) is 5.75 Å². The van der Waals surface area contributed by atoms with E-state index in [9.17, 15) is 0 Å². The van der Waals surface area contributed by atoms with Gasteiger partial charge in [0.2, 0.25) is 0 Å². The summed E-state index contributed by atoms with van der Waals surface area (Å²) in [5, 5.41) is 4.15. The predicted octanol–water partition coefficient (Wildman–Crippen LogP) is 3.65. The van der Waals surface area contributed by atoms with E-state index in [0.717, 1.165) is 42.7 Å². The van der Waals surface area contributed by atoms with E-state index in [1.54, 1.807) is 0 Å². The maximum atomic E-state index is 5.97. The van der Waals surface area contributed by atoms with Crippen LogP contribution >= 0.6 is 11.6 Å². The summed E-state index contributed by atoms with van der Waals surface area (Å²) < 4.78 is 5.65. The molecule has 0 bridgehead atoms. The third kappa shape index (κ3) is 2.99. The monoisotopic (exact) mass is 288 g/mol. The minimum atomic E-state index is 0.744. The second kappa shape index (κ2) is 6.06. The largest absolute Gasteiger partial charge is 0.490 e. The smallest absolute Gasteiger partial charge is 0.142 e. The minimum absolute atomic E-state index is 0.744. The summed E-state index contributed by atoms with van der Waals surface area (Å²) in [4.78, 5) is 2.34. The number of ether oxygens (including phenoxy) is 1. The molecule has 1 N–H and O–H groups in total. The Morgan fingerprint density at radius 1 is 1.15 bits per heavy atom. The summed E-state index contributed by atoms with van der Waals surface area (Å²) in [5.41, 5.74) is 2.23. The van der Waals surface area contributed by atoms with Crippen molar-refractivity contribution in [2.45, 2.75) is 0 Å². The zero-order valence-corrected chi connectivity index (χ0v) is 11.9. The molecule has 104 valence electrons. The van der Waals surface area contributed by atoms with Gasteiger partial charge in [-0.1, -0.05) is 29.8 Å². The fourth-order valence-electron chi connectivity index (χ4n) is 2.39. The standard InChI is InChI=1S/C16H17ClN2O/c17-13-4-3-5-14(12-13)18-8-9-19-10-11-20-16-7-2-1-6-15(16)19/h1-7,12,18H,8-11H2. The summed E-state index contributed by atoms with van der Waals surface area (Å²) in [5.74, 6) is 0.974. The van der Waals surface area contributed by atoms with Crippen LogP contribution in [0.15, 0.2) is 48.5 Å². The Morgan fingerprint density at radius 2 is 2.05 bits per heavy atom. The van der Waals surface area contributed by atoms with Crippen molar-refractivity contribution >= 4 is 23.0 Å². The fourth-order valence-corrected chi connectivity index (χ4v) is 2.58. The fraction of sp³-hybridized carbons (Fsp3) is 0.250. The van der Waals surface area contributed by atoms with Crippen LogP contribution in [-0.4, -0.2) is 26.2 Å². The summed E-state index contributed by atoms with van der Waals surface area (Å²) in [6.45, 7) is 3.48. The van der Waals surface area contributed by atoms with Crippen LogP contribution < -0.4 is 15.0 Å². The molecule has 0 unspecified atom stereocenters. The molecule has 2 aromatic carbocycles. The topological polar surface area (TPSA) is 24.5 Å². The van der Waals surface area contributed by atoms with Crippen molar-refractivity contribution in [1.82, 2.24) is 0 Å². The molecule has 1 heterocycles. The number of halogens is 1. The molecule has 0 atom stereocenters. The van der Waals surface area contributed by atoms with Crippen LogP contribution in [0.25, 0.3) is 0 Å². The molecule has 20 heavy (non-hydrogen) atoms. The van der Waals surface area contributed by atoms with Gasteiger partial charge in [-0.05, 0) is 30.3 Å². The molecule has 0 spiro atoms. The molecule has 0 amide bonds. The molecular weight excluding hydrogens is 272 g/mol. The van der Waals surface area contributed by atoms with Gasteiger partial charge in [-0.15, -0.1) is 0 Å². The molecule has 0 aromatic heterocycles. The molecule has 2 aromatic rings. The Morgan fingerprint density at radius 3 is 2.95 bits per heavy atom. The number of rotatable bonds is 4. The first-order valence-corrected chi connectivity index (χ1v) is 7.17. The van der Waals surface area contributed by atoms with Crippen molar-refractivity contribution in [3.05, 3.63) is 53.6 Å². The van der Waals surface area contributed by atoms with Gasteiger partial charge in [0, 0.05) is 23.8 Å². The Bertz CT molecular complexity index is 588. The van der Waals surface area contributed by atoms with E-state index in [-0.39, 0.29) is 0 Å². The zero-order chi connectivity index (χ0) is 13.8. The van der Waals surface area contributed by atoms with Gasteiger partial charge in [0.25, 0.3) is 0 Å². The van der Waals surface area contributed by atoms with Gasteiger partial charge in [-0.3, -0.25) is 0 Å². The van der Waals surface area contributed by atoms with Gasteiger partial charge in [0.1, 0.15) is 12.4 Å². The lowest BCUT2D eigenvalue weighted by Gasteiger charge is -2.31. The molecule has 0 fully saturated rings. The highest BCUT2D eigenvalue weighted by molar-refractivity contribution is 6.30. The lowest BCUT2D eigenvalue weighted by Crippen LogP contribution is -2.36. The van der Waals surface area contributed by atoms with Gasteiger partial charge in [-0.25, -0.2) is 0 Å². The molecule has 1 aliphatic heterocycles. The lowest BCUT2D eigenvalue weighted by molar-refractivity contribution is 0.308. The third-order valence-electron chi connectivity index (χ3n) is 3.36. The quantitative estimate of drug-likeness (QED) is 0.929. The van der Waals surface area contributed by atoms with E-state index in [4.69, 9.17) is 16.3 Å². The lowest BCUT2D eigenvalue weighted by atomic mass is 10.2. The molecule has 0 aliphatic carbocycles. The summed E-state index contributed by atoms with van der Waals surface area (Å²) in [7, 11) is 0. The van der Waals surface area contributed by atoms with Crippen LogP contribution in [0.1, 0.15) is 0 Å². The van der Waals surface area contributed by atoms with Crippen LogP contribution in [0.2, 0.25) is 5.02 Å². The molecule has 1 aliphatic rings. The molecule has 4 heteroatoms. The van der Waals surface area contributed by atoms with E-state index in [1.165, 1.54) is 5.69 Å². The van der Waals surface area contributed by atoms with Crippen molar-refractivity contribution < 1.29 is 4.74 Å². The van der Waals surface area contributed by atoms with Gasteiger partial charge < -0.3 is 15.0 Å². The first-order chi connectivity index (χ1) is 9.83. The highest BCUT2D eigenvalue weighted by Gasteiger charge is 2.16. The van der Waals surface area contributed by atoms with Crippen molar-refractivity contribution in [1.29, 1.82) is 0 Å². The maximum Gasteiger partial charge on any atom is 0.142 e. The summed E-state index contributed by atoms with van der Waals surface area (Å²) in [6, 6.07) is 16.0. The van der Waals surface area contributed by atoms with E-state index in [0.29, 0.717) is 0 Å². The van der Waals surface area contributed by atoms with Crippen molar-refractivity contribution in [3.63, 3.8) is 0 Å². The van der Waals surface area contributed by atoms with Gasteiger partial charge >= 0.3 is 0 Å². The third-order valence-corrected chi connectivity index (χ3v) is 3.60. The van der Waals surface area contributed by atoms with E-state index >= 15 is 0 Å². The maximum absolute atomic E-state index is 5.97. The van der Waals surface area contributed by atoms with Gasteiger partial charge in [0.05, 0.1) is 12.2 Å². The Hall–Kier alpha value is -1.87. The van der Waals surface area contributed by atoms with E-state index < -0.39 is 0 Å². The molecule has 0 saturated carbocycles. The molecule has 0 radical (unpaired) electrons. The first kappa shape index (κ1) is 13.1. The average molecular weight is 289 g/mol. The molecule has 3 nitrogen and oxygen atoms in total. The van der Waals surface area contributed by atoms with E-state index in [1.807, 2.05) is 42.5 Å². The number of hydrogen-bond donors (Lipinski definition) is 1. The van der Waals surface area contributed by atoms with Crippen LogP contribution in [0.4, 0.5) is 11.4 Å². The number of nitrogens with zero attached hydrogens (tertiary/aromatic N) is 1. The highest BCUT2D eigenvalue weighted by Crippen LogP contribution is 2.30. The van der Waals surface area contributed by atoms with Crippen molar-refractivity contribution in [2.75, 3.05) is 36.5 Å². The zero-order valence-electron chi connectivity index (χ0n) is 11.2. The molecule has 0 saturated heterocycles. The van der Waals surface area contributed by atoms with Crippen LogP contribution in [0.3, 0.4) is 0 Å². The number of hydrogen-bond acceptors (Lipinski definition) is 3. The Kier molecular flexibility index (Phi) is 3.97. The van der Waals surface area contributed by atoms with Crippen molar-refractivity contribution in [2.24, 2.45) is 0 Å². The molecular formula is C16H17ClN2O. The number of anilines is 2. The number of nitrogens with one attached hydrogen (secondary N) is 1. The van der Waals surface area contributed by atoms with Crippen molar-refractivity contribution in [3.8, 4) is 5.75 Å². The number of fused-ring (bicyclic) bond motifs is 1. The van der Waals surface area contributed by atoms with E-state index in [2.05, 4.69) is 16.3 Å². The van der Waals surface area contributed by atoms with Crippen LogP contribution in [-0.2, 0) is 0 Å². The Balaban J connectivity index is 1.60. The normalized spacial score (nSPS) is 13.6. The highest BCUT2D eigenvalue weighted by atomic mass is 35.5. The predicted molar refractivity (Wildman–Crippen MR) is 84.1 cm³/mol. The second-order valence-electron chi connectivity index (χ2n) is 4.74. The summed E-state index contributed by atoms with van der Waals surface area (Å²) >= 11 is 5.97. The first-order valence-electron chi connectivity index (χ1n) is 6.79. The van der Waals surface area contributed by atoms with Gasteiger partial charge in [0.15, 0.2) is 0 Å². The molecule has 3 rings (SSSR count). The minimum Gasteiger partial charge on any atom is -0.490 e. The SMILES string of the molecule is Clc1cccc(NCCN2CCOc3ccccc32)c1. The summed E-state index contributed by atoms with van der Waals surface area (Å²) in [6.07, 6.45) is 0. The van der Waals surface area contributed by atoms with Gasteiger partial charge in [-0.2, -0.15) is 0 Å². The Labute approximate surface area is 124 Å². The number of benzene rings is 2. The second-order valence-corrected chi connectivity index (χ2v) is 5.18.